The first-order valence-corrected chi connectivity index (χ1v) is 11.5. The number of hydrogen-bond acceptors (Lipinski definition) is 3. The third-order valence-electron chi connectivity index (χ3n) is 6.50. The largest absolute Gasteiger partial charge is 0.457 e. The molecule has 172 valence electrons. The van der Waals surface area contributed by atoms with E-state index in [-0.39, 0.29) is 29.3 Å². The Morgan fingerprint density at radius 1 is 0.853 bits per heavy atom. The summed E-state index contributed by atoms with van der Waals surface area (Å²) in [4.78, 5) is 28.5. The SMILES string of the molecule is CC1(C)CC(=O)C2=C(C1)N(c1ccc(Oc3ccccc3)cc1)C(=O)CC2c1ccccc1F. The molecular formula is C29H26FNO3. The van der Waals surface area contributed by atoms with Crippen LogP contribution in [0.25, 0.3) is 0 Å². The average Bonchev–Trinajstić information content (AvgIpc) is 2.79. The number of anilines is 1. The quantitative estimate of drug-likeness (QED) is 0.436. The summed E-state index contributed by atoms with van der Waals surface area (Å²) in [5, 5.41) is 0. The standard InChI is InChI=1S/C29H26FNO3/c1-29(2)17-25-28(26(32)18-29)23(22-10-6-7-11-24(22)30)16-27(33)31(25)19-12-14-21(15-13-19)34-20-8-4-3-5-9-20/h3-15,23H,16-18H2,1-2H3. The van der Waals surface area contributed by atoms with Gasteiger partial charge < -0.3 is 4.74 Å². The molecule has 0 saturated carbocycles. The van der Waals surface area contributed by atoms with E-state index in [0.717, 1.165) is 5.75 Å². The highest BCUT2D eigenvalue weighted by Crippen LogP contribution is 2.48. The van der Waals surface area contributed by atoms with Crippen LogP contribution in [0.15, 0.2) is 90.1 Å². The first kappa shape index (κ1) is 22.1. The first-order chi connectivity index (χ1) is 16.3. The predicted molar refractivity (Wildman–Crippen MR) is 129 cm³/mol. The molecule has 1 heterocycles. The molecule has 1 aliphatic carbocycles. The van der Waals surface area contributed by atoms with Crippen LogP contribution in [-0.4, -0.2) is 11.7 Å². The van der Waals surface area contributed by atoms with Gasteiger partial charge in [-0.25, -0.2) is 4.39 Å². The highest BCUT2D eigenvalue weighted by atomic mass is 19.1. The Bertz CT molecular complexity index is 1280. The maximum absolute atomic E-state index is 14.7. The molecule has 1 unspecified atom stereocenters. The number of allylic oxidation sites excluding steroid dienone is 2. The van der Waals surface area contributed by atoms with Crippen LogP contribution in [0, 0.1) is 11.2 Å². The number of ketones is 1. The molecule has 4 nitrogen and oxygen atoms in total. The van der Waals surface area contributed by atoms with Crippen molar-refractivity contribution in [2.24, 2.45) is 5.41 Å². The van der Waals surface area contributed by atoms with E-state index in [0.29, 0.717) is 41.1 Å². The highest BCUT2D eigenvalue weighted by molar-refractivity contribution is 6.07. The van der Waals surface area contributed by atoms with E-state index in [9.17, 15) is 14.0 Å². The average molecular weight is 456 g/mol. The number of halogens is 1. The van der Waals surface area contributed by atoms with Crippen molar-refractivity contribution in [3.05, 3.63) is 102 Å². The number of ether oxygens (including phenoxy) is 1. The fraction of sp³-hybridized carbons (Fsp3) is 0.241. The van der Waals surface area contributed by atoms with Crippen molar-refractivity contribution in [1.82, 2.24) is 0 Å². The zero-order valence-electron chi connectivity index (χ0n) is 19.3. The molecule has 0 fully saturated rings. The van der Waals surface area contributed by atoms with Gasteiger partial charge in [-0.1, -0.05) is 50.2 Å². The Labute approximate surface area is 198 Å². The number of amides is 1. The second-order valence-corrected chi connectivity index (χ2v) is 9.72. The van der Waals surface area contributed by atoms with E-state index in [2.05, 4.69) is 0 Å². The molecule has 0 bridgehead atoms. The monoisotopic (exact) mass is 455 g/mol. The van der Waals surface area contributed by atoms with Gasteiger partial charge in [0.2, 0.25) is 5.91 Å². The number of Topliss-reactive ketones (excluding diaryl/α,β-unsaturated/α-hetero) is 1. The summed E-state index contributed by atoms with van der Waals surface area (Å²) < 4.78 is 20.6. The van der Waals surface area contributed by atoms with Gasteiger partial charge in [0.1, 0.15) is 17.3 Å². The summed E-state index contributed by atoms with van der Waals surface area (Å²) in [5.74, 6) is 0.264. The molecule has 1 aliphatic heterocycles. The molecule has 0 aromatic heterocycles. The van der Waals surface area contributed by atoms with E-state index < -0.39 is 5.92 Å². The maximum Gasteiger partial charge on any atom is 0.232 e. The minimum Gasteiger partial charge on any atom is -0.457 e. The van der Waals surface area contributed by atoms with Crippen molar-refractivity contribution in [2.45, 2.75) is 39.0 Å². The number of carbonyl (C=O) groups is 2. The Morgan fingerprint density at radius 3 is 2.21 bits per heavy atom. The Balaban J connectivity index is 1.55. The number of hydrogen-bond donors (Lipinski definition) is 0. The lowest BCUT2D eigenvalue weighted by Gasteiger charge is -2.43. The summed E-state index contributed by atoms with van der Waals surface area (Å²) in [6.07, 6.45) is 0.990. The second kappa shape index (κ2) is 8.56. The van der Waals surface area contributed by atoms with Crippen molar-refractivity contribution in [1.29, 1.82) is 0 Å². The number of benzene rings is 3. The molecule has 0 spiro atoms. The van der Waals surface area contributed by atoms with Crippen LogP contribution in [0.3, 0.4) is 0 Å². The minimum atomic E-state index is -0.566. The summed E-state index contributed by atoms with van der Waals surface area (Å²) in [5.41, 5.74) is 2.04. The minimum absolute atomic E-state index is 0.0129. The van der Waals surface area contributed by atoms with Crippen molar-refractivity contribution in [3.63, 3.8) is 0 Å². The van der Waals surface area contributed by atoms with Gasteiger partial charge in [0.15, 0.2) is 5.78 Å². The third kappa shape index (κ3) is 4.14. The van der Waals surface area contributed by atoms with Gasteiger partial charge in [-0.15, -0.1) is 0 Å². The smallest absolute Gasteiger partial charge is 0.232 e. The van der Waals surface area contributed by atoms with Gasteiger partial charge in [0.05, 0.1) is 0 Å². The molecule has 34 heavy (non-hydrogen) atoms. The molecular weight excluding hydrogens is 429 g/mol. The molecule has 2 aliphatic rings. The van der Waals surface area contributed by atoms with Crippen molar-refractivity contribution in [3.8, 4) is 11.5 Å². The van der Waals surface area contributed by atoms with Crippen LogP contribution in [0.2, 0.25) is 0 Å². The first-order valence-electron chi connectivity index (χ1n) is 11.5. The molecule has 1 amide bonds. The summed E-state index contributed by atoms with van der Waals surface area (Å²) in [7, 11) is 0. The van der Waals surface area contributed by atoms with Gasteiger partial charge in [-0.3, -0.25) is 14.5 Å². The maximum atomic E-state index is 14.7. The van der Waals surface area contributed by atoms with Gasteiger partial charge in [0.25, 0.3) is 0 Å². The zero-order valence-corrected chi connectivity index (χ0v) is 19.3. The van der Waals surface area contributed by atoms with E-state index in [1.807, 2.05) is 68.4 Å². The van der Waals surface area contributed by atoms with Crippen molar-refractivity contribution >= 4 is 17.4 Å². The Hall–Kier alpha value is -3.73. The molecule has 0 radical (unpaired) electrons. The second-order valence-electron chi connectivity index (χ2n) is 9.72. The number of nitrogens with zero attached hydrogens (tertiary/aromatic N) is 1. The normalized spacial score (nSPS) is 19.7. The molecule has 0 saturated heterocycles. The number of carbonyl (C=O) groups excluding carboxylic acids is 2. The molecule has 0 N–H and O–H groups in total. The lowest BCUT2D eigenvalue weighted by Crippen LogP contribution is -2.43. The lowest BCUT2D eigenvalue weighted by atomic mass is 9.69. The molecule has 1 atom stereocenters. The molecule has 5 heteroatoms. The summed E-state index contributed by atoms with van der Waals surface area (Å²) >= 11 is 0. The lowest BCUT2D eigenvalue weighted by molar-refractivity contribution is -0.121. The molecule has 3 aromatic rings. The number of para-hydroxylation sites is 1. The molecule has 5 rings (SSSR count). The topological polar surface area (TPSA) is 46.6 Å². The summed E-state index contributed by atoms with van der Waals surface area (Å²) in [6, 6.07) is 23.2. The van der Waals surface area contributed by atoms with Crippen LogP contribution in [0.4, 0.5) is 10.1 Å². The van der Waals surface area contributed by atoms with E-state index >= 15 is 0 Å². The predicted octanol–water partition coefficient (Wildman–Crippen LogP) is 6.78. The Morgan fingerprint density at radius 2 is 1.50 bits per heavy atom. The van der Waals surface area contributed by atoms with E-state index in [1.54, 1.807) is 23.1 Å². The highest BCUT2D eigenvalue weighted by Gasteiger charge is 2.44. The third-order valence-corrected chi connectivity index (χ3v) is 6.50. The van der Waals surface area contributed by atoms with Crippen molar-refractivity contribution in [2.75, 3.05) is 4.90 Å². The van der Waals surface area contributed by atoms with Crippen LogP contribution in [0.1, 0.15) is 44.6 Å². The Kier molecular flexibility index (Phi) is 5.56. The summed E-state index contributed by atoms with van der Waals surface area (Å²) in [6.45, 7) is 4.06. The zero-order chi connectivity index (χ0) is 23.9. The fourth-order valence-corrected chi connectivity index (χ4v) is 5.03. The van der Waals surface area contributed by atoms with Gasteiger partial charge in [-0.2, -0.15) is 0 Å². The van der Waals surface area contributed by atoms with Crippen LogP contribution in [0.5, 0.6) is 11.5 Å². The van der Waals surface area contributed by atoms with Gasteiger partial charge in [0, 0.05) is 35.7 Å². The fourth-order valence-electron chi connectivity index (χ4n) is 5.03. The van der Waals surface area contributed by atoms with Crippen molar-refractivity contribution < 1.29 is 18.7 Å². The van der Waals surface area contributed by atoms with E-state index in [1.165, 1.54) is 6.07 Å². The van der Waals surface area contributed by atoms with Crippen LogP contribution < -0.4 is 9.64 Å². The van der Waals surface area contributed by atoms with Crippen LogP contribution >= 0.6 is 0 Å². The van der Waals surface area contributed by atoms with Gasteiger partial charge >= 0.3 is 0 Å². The van der Waals surface area contributed by atoms with E-state index in [4.69, 9.17) is 4.74 Å². The molecule has 3 aromatic carbocycles. The van der Waals surface area contributed by atoms with Crippen LogP contribution in [-0.2, 0) is 9.59 Å². The number of rotatable bonds is 4. The van der Waals surface area contributed by atoms with Gasteiger partial charge in [-0.05, 0) is 59.9 Å².